The maximum atomic E-state index is 12.5. The van der Waals surface area contributed by atoms with Crippen LogP contribution >= 0.6 is 0 Å². The van der Waals surface area contributed by atoms with Crippen molar-refractivity contribution in [3.8, 4) is 0 Å². The minimum absolute atomic E-state index is 0.0586. The minimum Gasteiger partial charge on any atom is -0.805 e. The predicted octanol–water partition coefficient (Wildman–Crippen LogP) is 2.77. The third kappa shape index (κ3) is 2.55. The molecule has 6 nitrogen and oxygen atoms in total. The molecule has 1 N–H and O–H groups in total. The summed E-state index contributed by atoms with van der Waals surface area (Å²) in [7, 11) is 0. The number of hydrogen-bond donors (Lipinski definition) is 1. The zero-order chi connectivity index (χ0) is 16.6. The van der Waals surface area contributed by atoms with Gasteiger partial charge in [-0.25, -0.2) is 0 Å². The van der Waals surface area contributed by atoms with Gasteiger partial charge < -0.3 is 15.3 Å². The van der Waals surface area contributed by atoms with Crippen LogP contribution in [-0.4, -0.2) is 10.6 Å². The van der Waals surface area contributed by atoms with E-state index in [0.717, 1.165) is 5.56 Å². The molecule has 0 saturated carbocycles. The molecule has 3 rings (SSSR count). The van der Waals surface area contributed by atoms with E-state index in [4.69, 9.17) is 0 Å². The summed E-state index contributed by atoms with van der Waals surface area (Å²) in [5.74, 6) is -0.614. The second-order valence-electron chi connectivity index (χ2n) is 5.33. The predicted molar refractivity (Wildman–Crippen MR) is 87.9 cm³/mol. The molecule has 0 spiro atoms. The molecule has 0 fully saturated rings. The van der Waals surface area contributed by atoms with E-state index < -0.39 is 5.91 Å². The van der Waals surface area contributed by atoms with Crippen molar-refractivity contribution in [1.29, 1.82) is 0 Å². The summed E-state index contributed by atoms with van der Waals surface area (Å²) in [4.78, 5) is 24.9. The van der Waals surface area contributed by atoms with E-state index in [1.165, 1.54) is 13.0 Å². The van der Waals surface area contributed by atoms with Gasteiger partial charge >= 0.3 is 11.6 Å². The number of nitrogens with zero attached hydrogens (tertiary/aromatic N) is 2. The van der Waals surface area contributed by atoms with Gasteiger partial charge in [0.1, 0.15) is 5.52 Å². The van der Waals surface area contributed by atoms with Crippen LogP contribution in [-0.2, 0) is 0 Å². The number of hydrogen-bond acceptors (Lipinski definition) is 3. The van der Waals surface area contributed by atoms with Gasteiger partial charge in [0.05, 0.1) is 10.1 Å². The number of fused-ring (bicyclic) bond motifs is 1. The molecule has 2 aromatic carbocycles. The quantitative estimate of drug-likeness (QED) is 0.739. The molecule has 0 aliphatic carbocycles. The monoisotopic (exact) mass is 309 g/mol. The summed E-state index contributed by atoms with van der Waals surface area (Å²) in [5, 5.41) is 14.9. The highest BCUT2D eigenvalue weighted by atomic mass is 16.5. The van der Waals surface area contributed by atoms with Crippen LogP contribution < -0.4 is 9.74 Å². The van der Waals surface area contributed by atoms with E-state index in [0.29, 0.717) is 14.8 Å². The molecule has 0 aliphatic heterocycles. The number of aromatic nitrogens is 2. The van der Waals surface area contributed by atoms with Crippen LogP contribution in [0.2, 0.25) is 0 Å². The first-order chi connectivity index (χ1) is 11.0. The Hall–Kier alpha value is -3.15. The van der Waals surface area contributed by atoms with Gasteiger partial charge in [0.2, 0.25) is 0 Å². The van der Waals surface area contributed by atoms with Crippen LogP contribution in [0.25, 0.3) is 11.0 Å². The maximum Gasteiger partial charge on any atom is 0.346 e. The number of amides is 1. The molecular formula is C17H15N3O3. The fraction of sp³-hybridized carbons (Fsp3) is 0.118. The smallest absolute Gasteiger partial charge is 0.346 e. The van der Waals surface area contributed by atoms with Crippen molar-refractivity contribution in [3.05, 3.63) is 75.6 Å². The summed E-state index contributed by atoms with van der Waals surface area (Å²) < 4.78 is 1.11. The van der Waals surface area contributed by atoms with Crippen LogP contribution in [0.5, 0.6) is 0 Å². The first-order valence-electron chi connectivity index (χ1n) is 7.11. The number of carbonyl (C=O) groups is 1. The van der Waals surface area contributed by atoms with Crippen molar-refractivity contribution in [2.24, 2.45) is 0 Å². The summed E-state index contributed by atoms with van der Waals surface area (Å²) in [6, 6.07) is 13.6. The molecule has 0 radical (unpaired) electrons. The molecule has 0 atom stereocenters. The summed E-state index contributed by atoms with van der Waals surface area (Å²) in [6.45, 7) is 3.39. The van der Waals surface area contributed by atoms with E-state index in [2.05, 4.69) is 5.32 Å². The number of rotatable bonds is 2. The SMILES string of the molecule is Cc1ccc(NC(=O)c2c(C)n([O-])c3ccccc3[n+]2=O)cc1. The van der Waals surface area contributed by atoms with Crippen LogP contribution in [0, 0.1) is 24.0 Å². The number of benzene rings is 2. The van der Waals surface area contributed by atoms with E-state index in [1.54, 1.807) is 30.3 Å². The maximum absolute atomic E-state index is 12.5. The van der Waals surface area contributed by atoms with Gasteiger partial charge in [-0.1, -0.05) is 29.8 Å². The van der Waals surface area contributed by atoms with Crippen molar-refractivity contribution in [3.63, 3.8) is 0 Å². The summed E-state index contributed by atoms with van der Waals surface area (Å²) in [6.07, 6.45) is 0. The second kappa shape index (κ2) is 5.57. The number of anilines is 1. The molecule has 1 amide bonds. The molecule has 0 unspecified atom stereocenters. The van der Waals surface area contributed by atoms with Crippen molar-refractivity contribution in [1.82, 2.24) is 4.73 Å². The Balaban J connectivity index is 2.10. The van der Waals surface area contributed by atoms with Gasteiger partial charge in [0, 0.05) is 16.7 Å². The molecule has 6 heteroatoms. The van der Waals surface area contributed by atoms with Gasteiger partial charge in [-0.2, -0.15) is 0 Å². The topological polar surface area (TPSA) is 80.1 Å². The number of nitrogens with one attached hydrogen (secondary N) is 1. The Bertz CT molecular complexity index is 959. The first-order valence-corrected chi connectivity index (χ1v) is 7.11. The Morgan fingerprint density at radius 3 is 2.43 bits per heavy atom. The fourth-order valence-electron chi connectivity index (χ4n) is 2.44. The zero-order valence-electron chi connectivity index (χ0n) is 12.7. The second-order valence-corrected chi connectivity index (χ2v) is 5.33. The molecule has 23 heavy (non-hydrogen) atoms. The number of para-hydroxylation sites is 2. The molecule has 1 heterocycles. The molecule has 0 aliphatic rings. The Labute approximate surface area is 132 Å². The van der Waals surface area contributed by atoms with E-state index >= 15 is 0 Å². The average molecular weight is 309 g/mol. The van der Waals surface area contributed by atoms with Gasteiger partial charge in [-0.3, -0.25) is 4.79 Å². The van der Waals surface area contributed by atoms with Crippen molar-refractivity contribution < 1.29 is 9.22 Å². The third-order valence-corrected chi connectivity index (χ3v) is 3.69. The molecule has 0 bridgehead atoms. The van der Waals surface area contributed by atoms with Gasteiger partial charge in [-0.15, -0.1) is 0 Å². The highest BCUT2D eigenvalue weighted by molar-refractivity contribution is 6.03. The molecule has 116 valence electrons. The molecule has 3 aromatic rings. The van der Waals surface area contributed by atoms with Crippen molar-refractivity contribution >= 4 is 22.6 Å². The Morgan fingerprint density at radius 1 is 1.09 bits per heavy atom. The Morgan fingerprint density at radius 2 is 1.74 bits per heavy atom. The normalized spacial score (nSPS) is 10.7. The average Bonchev–Trinajstić information content (AvgIpc) is 2.55. The third-order valence-electron chi connectivity index (χ3n) is 3.69. The van der Waals surface area contributed by atoms with Crippen LogP contribution in [0.4, 0.5) is 5.69 Å². The van der Waals surface area contributed by atoms with Crippen molar-refractivity contribution in [2.45, 2.75) is 13.8 Å². The van der Waals surface area contributed by atoms with E-state index in [9.17, 15) is 14.9 Å². The van der Waals surface area contributed by atoms with E-state index in [1.807, 2.05) is 19.1 Å². The van der Waals surface area contributed by atoms with Crippen LogP contribution in [0.1, 0.15) is 21.7 Å². The van der Waals surface area contributed by atoms with E-state index in [-0.39, 0.29) is 22.4 Å². The lowest BCUT2D eigenvalue weighted by Crippen LogP contribution is -2.33. The standard InChI is InChI=1S/C17H15N3O3/c1-11-7-9-13(10-8-11)18-17(21)16-12(2)19(22)14-5-3-4-6-15(14)20(16)23/h3-10H,1-2H3,(H,18,21). The van der Waals surface area contributed by atoms with Crippen LogP contribution in [0.15, 0.2) is 48.5 Å². The van der Waals surface area contributed by atoms with Crippen molar-refractivity contribution in [2.75, 3.05) is 5.32 Å². The number of aryl methyl sites for hydroxylation is 1. The molecule has 0 saturated heterocycles. The summed E-state index contributed by atoms with van der Waals surface area (Å²) in [5.41, 5.74) is 1.85. The lowest BCUT2D eigenvalue weighted by atomic mass is 10.2. The molecule has 1 aromatic heterocycles. The number of carbonyl (C=O) groups excluding carboxylic acids is 1. The highest BCUT2D eigenvalue weighted by Gasteiger charge is 2.26. The lowest BCUT2D eigenvalue weighted by molar-refractivity contribution is -0.468. The Kier molecular flexibility index (Phi) is 3.57. The van der Waals surface area contributed by atoms with Gasteiger partial charge in [0.15, 0.2) is 0 Å². The largest absolute Gasteiger partial charge is 0.805 e. The highest BCUT2D eigenvalue weighted by Crippen LogP contribution is 2.15. The molecular weight excluding hydrogens is 294 g/mol. The van der Waals surface area contributed by atoms with Gasteiger partial charge in [0.25, 0.3) is 5.52 Å². The minimum atomic E-state index is -0.614. The fourth-order valence-corrected chi connectivity index (χ4v) is 2.44. The summed E-state index contributed by atoms with van der Waals surface area (Å²) >= 11 is 0. The first kappa shape index (κ1) is 14.8. The van der Waals surface area contributed by atoms with Gasteiger partial charge in [-0.05, 0) is 32.0 Å². The zero-order valence-corrected chi connectivity index (χ0v) is 12.7. The van der Waals surface area contributed by atoms with Crippen LogP contribution in [0.3, 0.4) is 0 Å². The lowest BCUT2D eigenvalue weighted by Gasteiger charge is -2.16.